The van der Waals surface area contributed by atoms with Crippen LogP contribution >= 0.6 is 0 Å². The number of fused-ring (bicyclic) bond motifs is 1. The van der Waals surface area contributed by atoms with Crippen LogP contribution in [-0.4, -0.2) is 36.6 Å². The molecule has 2 aliphatic rings. The van der Waals surface area contributed by atoms with E-state index < -0.39 is 0 Å². The zero-order chi connectivity index (χ0) is 10.8. The number of amides is 1. The number of carbonyl (C=O) groups excluding carboxylic acids is 1. The van der Waals surface area contributed by atoms with Gasteiger partial charge in [0.1, 0.15) is 6.10 Å². The van der Waals surface area contributed by atoms with Crippen LogP contribution in [0.25, 0.3) is 0 Å². The Morgan fingerprint density at radius 3 is 2.80 bits per heavy atom. The minimum absolute atomic E-state index is 0.187. The average molecular weight is 211 g/mol. The highest BCUT2D eigenvalue weighted by molar-refractivity contribution is 5.81. The molecule has 15 heavy (non-hydrogen) atoms. The molecule has 86 valence electrons. The molecule has 0 spiro atoms. The van der Waals surface area contributed by atoms with Gasteiger partial charge in [0.25, 0.3) is 5.91 Å². The van der Waals surface area contributed by atoms with Gasteiger partial charge in [-0.15, -0.1) is 0 Å². The lowest BCUT2D eigenvalue weighted by atomic mass is 9.85. The third-order valence-electron chi connectivity index (χ3n) is 3.99. The molecule has 3 atom stereocenters. The summed E-state index contributed by atoms with van der Waals surface area (Å²) in [7, 11) is 1.61. The lowest BCUT2D eigenvalue weighted by Gasteiger charge is -2.32. The van der Waals surface area contributed by atoms with E-state index in [-0.39, 0.29) is 12.0 Å². The average Bonchev–Trinajstić information content (AvgIpc) is 2.70. The summed E-state index contributed by atoms with van der Waals surface area (Å²) in [4.78, 5) is 14.1. The predicted octanol–water partition coefficient (Wildman–Crippen LogP) is 1.81. The Balaban J connectivity index is 2.01. The summed E-state index contributed by atoms with van der Waals surface area (Å²) in [6, 6.07) is 0.517. The van der Waals surface area contributed by atoms with Crippen molar-refractivity contribution in [3.05, 3.63) is 0 Å². The van der Waals surface area contributed by atoms with Gasteiger partial charge in [-0.05, 0) is 32.1 Å². The molecular formula is C12H21NO2. The molecule has 1 aliphatic heterocycles. The minimum atomic E-state index is -0.273. The van der Waals surface area contributed by atoms with Crippen molar-refractivity contribution < 1.29 is 9.53 Å². The van der Waals surface area contributed by atoms with Gasteiger partial charge < -0.3 is 9.64 Å². The molecule has 3 unspecified atom stereocenters. The lowest BCUT2D eigenvalue weighted by Crippen LogP contribution is -2.44. The van der Waals surface area contributed by atoms with Crippen molar-refractivity contribution >= 4 is 5.91 Å². The van der Waals surface area contributed by atoms with Gasteiger partial charge in [0.2, 0.25) is 0 Å². The Kier molecular flexibility index (Phi) is 3.29. The second-order valence-corrected chi connectivity index (χ2v) is 4.81. The third kappa shape index (κ3) is 2.03. The molecule has 1 amide bonds. The van der Waals surface area contributed by atoms with Gasteiger partial charge in [-0.3, -0.25) is 4.79 Å². The van der Waals surface area contributed by atoms with Gasteiger partial charge in [-0.1, -0.05) is 12.8 Å². The Morgan fingerprint density at radius 2 is 2.07 bits per heavy atom. The maximum Gasteiger partial charge on any atom is 0.251 e. The zero-order valence-electron chi connectivity index (χ0n) is 9.74. The fourth-order valence-electron chi connectivity index (χ4n) is 3.01. The third-order valence-corrected chi connectivity index (χ3v) is 3.99. The van der Waals surface area contributed by atoms with E-state index in [9.17, 15) is 4.79 Å². The van der Waals surface area contributed by atoms with Crippen LogP contribution in [0.5, 0.6) is 0 Å². The van der Waals surface area contributed by atoms with Crippen molar-refractivity contribution in [2.45, 2.75) is 51.2 Å². The summed E-state index contributed by atoms with van der Waals surface area (Å²) < 4.78 is 5.11. The molecule has 0 N–H and O–H groups in total. The highest BCUT2D eigenvalue weighted by Gasteiger charge is 2.39. The normalized spacial score (nSPS) is 32.5. The number of carbonyl (C=O) groups is 1. The Hall–Kier alpha value is -0.570. The first kappa shape index (κ1) is 10.9. The summed E-state index contributed by atoms with van der Waals surface area (Å²) in [5.74, 6) is 0.957. The van der Waals surface area contributed by atoms with Crippen molar-refractivity contribution in [2.24, 2.45) is 5.92 Å². The van der Waals surface area contributed by atoms with Gasteiger partial charge >= 0.3 is 0 Å². The van der Waals surface area contributed by atoms with Gasteiger partial charge in [-0.25, -0.2) is 0 Å². The van der Waals surface area contributed by atoms with Crippen LogP contribution in [0.2, 0.25) is 0 Å². The van der Waals surface area contributed by atoms with E-state index in [2.05, 4.69) is 4.90 Å². The number of nitrogens with zero attached hydrogens (tertiary/aromatic N) is 1. The van der Waals surface area contributed by atoms with E-state index in [1.165, 1.54) is 32.1 Å². The maximum absolute atomic E-state index is 12.0. The molecule has 3 heteroatoms. The molecular weight excluding hydrogens is 190 g/mol. The summed E-state index contributed by atoms with van der Waals surface area (Å²) in [5.41, 5.74) is 0. The molecule has 0 aromatic heterocycles. The standard InChI is InChI=1S/C12H21NO2/c1-9(15-2)12(14)13-8-7-10-5-3-4-6-11(10)13/h9-11H,3-8H2,1-2H3. The number of methoxy groups -OCH3 is 1. The molecule has 3 nitrogen and oxygen atoms in total. The molecule has 0 aromatic rings. The van der Waals surface area contributed by atoms with Crippen LogP contribution in [0.15, 0.2) is 0 Å². The lowest BCUT2D eigenvalue weighted by molar-refractivity contribution is -0.142. The molecule has 2 fully saturated rings. The summed E-state index contributed by atoms with van der Waals surface area (Å²) >= 11 is 0. The molecule has 1 heterocycles. The molecule has 0 radical (unpaired) electrons. The fraction of sp³-hybridized carbons (Fsp3) is 0.917. The topological polar surface area (TPSA) is 29.5 Å². The van der Waals surface area contributed by atoms with E-state index >= 15 is 0 Å². The SMILES string of the molecule is COC(C)C(=O)N1CCC2CCCCC21. The molecule has 0 aromatic carbocycles. The first-order chi connectivity index (χ1) is 7.24. The number of hydrogen-bond acceptors (Lipinski definition) is 2. The largest absolute Gasteiger partial charge is 0.372 e. The van der Waals surface area contributed by atoms with E-state index in [0.29, 0.717) is 6.04 Å². The first-order valence-corrected chi connectivity index (χ1v) is 6.07. The second kappa shape index (κ2) is 4.52. The van der Waals surface area contributed by atoms with Gasteiger partial charge in [0, 0.05) is 19.7 Å². The van der Waals surface area contributed by atoms with E-state index in [1.54, 1.807) is 7.11 Å². The van der Waals surface area contributed by atoms with Crippen LogP contribution in [0.3, 0.4) is 0 Å². The Bertz CT molecular complexity index is 242. The number of rotatable bonds is 2. The van der Waals surface area contributed by atoms with E-state index in [1.807, 2.05) is 6.92 Å². The number of hydrogen-bond donors (Lipinski definition) is 0. The molecule has 2 rings (SSSR count). The van der Waals surface area contributed by atoms with Crippen LogP contribution < -0.4 is 0 Å². The predicted molar refractivity (Wildman–Crippen MR) is 58.5 cm³/mol. The van der Waals surface area contributed by atoms with Crippen molar-refractivity contribution in [1.29, 1.82) is 0 Å². The van der Waals surface area contributed by atoms with E-state index in [4.69, 9.17) is 4.74 Å². The highest BCUT2D eigenvalue weighted by Crippen LogP contribution is 2.36. The van der Waals surface area contributed by atoms with Crippen LogP contribution in [0, 0.1) is 5.92 Å². The van der Waals surface area contributed by atoms with Crippen molar-refractivity contribution in [3.63, 3.8) is 0 Å². The Labute approximate surface area is 91.8 Å². The monoisotopic (exact) mass is 211 g/mol. The molecule has 1 saturated carbocycles. The van der Waals surface area contributed by atoms with Crippen LogP contribution in [0.1, 0.15) is 39.0 Å². The number of ether oxygens (including phenoxy) is 1. The maximum atomic E-state index is 12.0. The highest BCUT2D eigenvalue weighted by atomic mass is 16.5. The summed E-state index contributed by atoms with van der Waals surface area (Å²) in [6.45, 7) is 2.79. The van der Waals surface area contributed by atoms with Crippen LogP contribution in [0.4, 0.5) is 0 Å². The van der Waals surface area contributed by atoms with Crippen molar-refractivity contribution in [3.8, 4) is 0 Å². The van der Waals surface area contributed by atoms with Gasteiger partial charge in [-0.2, -0.15) is 0 Å². The van der Waals surface area contributed by atoms with Gasteiger partial charge in [0.05, 0.1) is 0 Å². The Morgan fingerprint density at radius 1 is 1.33 bits per heavy atom. The van der Waals surface area contributed by atoms with Crippen molar-refractivity contribution in [1.82, 2.24) is 4.90 Å². The number of likely N-dealkylation sites (tertiary alicyclic amines) is 1. The quantitative estimate of drug-likeness (QED) is 0.697. The summed E-state index contributed by atoms with van der Waals surface area (Å²) in [6.07, 6.45) is 6.08. The molecule has 1 saturated heterocycles. The zero-order valence-corrected chi connectivity index (χ0v) is 9.74. The second-order valence-electron chi connectivity index (χ2n) is 4.81. The molecule has 1 aliphatic carbocycles. The van der Waals surface area contributed by atoms with Crippen LogP contribution in [-0.2, 0) is 9.53 Å². The molecule has 0 bridgehead atoms. The first-order valence-electron chi connectivity index (χ1n) is 6.07. The summed E-state index contributed by atoms with van der Waals surface area (Å²) in [5, 5.41) is 0. The minimum Gasteiger partial charge on any atom is -0.372 e. The van der Waals surface area contributed by atoms with E-state index in [0.717, 1.165) is 12.5 Å². The van der Waals surface area contributed by atoms with Gasteiger partial charge in [0.15, 0.2) is 0 Å². The smallest absolute Gasteiger partial charge is 0.251 e. The van der Waals surface area contributed by atoms with Crippen molar-refractivity contribution in [2.75, 3.05) is 13.7 Å². The fourth-order valence-corrected chi connectivity index (χ4v) is 3.01.